The van der Waals surface area contributed by atoms with E-state index >= 15 is 0 Å². The van der Waals surface area contributed by atoms with Crippen LogP contribution < -0.4 is 5.32 Å². The average Bonchev–Trinajstić information content (AvgIpc) is 3.24. The Morgan fingerprint density at radius 1 is 1.27 bits per heavy atom. The molecule has 1 amide bonds. The summed E-state index contributed by atoms with van der Waals surface area (Å²) >= 11 is 1.47. The molecular weight excluding hydrogens is 298 g/mol. The van der Waals surface area contributed by atoms with Crippen molar-refractivity contribution in [2.24, 2.45) is 0 Å². The molecule has 1 N–H and O–H groups in total. The maximum atomic E-state index is 12.0. The number of furan rings is 1. The van der Waals surface area contributed by atoms with E-state index in [2.05, 4.69) is 10.4 Å². The second-order valence-corrected chi connectivity index (χ2v) is 5.43. The van der Waals surface area contributed by atoms with E-state index in [0.29, 0.717) is 12.3 Å². The SMILES string of the molecule is CSc1ccc(C(=O)NCc2ccc(-n3cccn3)cc2)o1. The van der Waals surface area contributed by atoms with Gasteiger partial charge in [-0.15, -0.1) is 0 Å². The number of nitrogens with one attached hydrogen (secondary N) is 1. The Morgan fingerprint density at radius 2 is 2.09 bits per heavy atom. The van der Waals surface area contributed by atoms with Gasteiger partial charge in [0.15, 0.2) is 10.9 Å². The van der Waals surface area contributed by atoms with E-state index in [9.17, 15) is 4.79 Å². The molecule has 0 fully saturated rings. The fourth-order valence-electron chi connectivity index (χ4n) is 2.01. The molecule has 0 atom stereocenters. The largest absolute Gasteiger partial charge is 0.445 e. The fourth-order valence-corrected chi connectivity index (χ4v) is 2.39. The summed E-state index contributed by atoms with van der Waals surface area (Å²) in [5.74, 6) is 0.119. The number of hydrogen-bond donors (Lipinski definition) is 1. The molecule has 5 nitrogen and oxygen atoms in total. The predicted molar refractivity (Wildman–Crippen MR) is 85.2 cm³/mol. The summed E-state index contributed by atoms with van der Waals surface area (Å²) in [6.45, 7) is 0.452. The zero-order chi connectivity index (χ0) is 15.4. The lowest BCUT2D eigenvalue weighted by Crippen LogP contribution is -2.22. The Morgan fingerprint density at radius 3 is 2.73 bits per heavy atom. The summed E-state index contributed by atoms with van der Waals surface area (Å²) in [4.78, 5) is 12.0. The molecule has 0 saturated heterocycles. The summed E-state index contributed by atoms with van der Waals surface area (Å²) in [6.07, 6.45) is 5.53. The molecule has 0 aliphatic rings. The van der Waals surface area contributed by atoms with Gasteiger partial charge in [0.2, 0.25) is 0 Å². The molecular formula is C16H15N3O2S. The number of carbonyl (C=O) groups is 1. The van der Waals surface area contributed by atoms with Crippen molar-refractivity contribution in [1.29, 1.82) is 0 Å². The number of benzene rings is 1. The van der Waals surface area contributed by atoms with Gasteiger partial charge in [-0.2, -0.15) is 5.10 Å². The minimum absolute atomic E-state index is 0.212. The van der Waals surface area contributed by atoms with Crippen molar-refractivity contribution in [3.63, 3.8) is 0 Å². The fraction of sp³-hybridized carbons (Fsp3) is 0.125. The average molecular weight is 313 g/mol. The van der Waals surface area contributed by atoms with Gasteiger partial charge >= 0.3 is 0 Å². The lowest BCUT2D eigenvalue weighted by Gasteiger charge is -2.05. The van der Waals surface area contributed by atoms with Gasteiger partial charge in [0.1, 0.15) is 0 Å². The first-order valence-electron chi connectivity index (χ1n) is 6.77. The standard InChI is InChI=1S/C16H15N3O2S/c1-22-15-8-7-14(21-15)16(20)17-11-12-3-5-13(6-4-12)19-10-2-9-18-19/h2-10H,11H2,1H3,(H,17,20). The molecule has 112 valence electrons. The molecule has 22 heavy (non-hydrogen) atoms. The van der Waals surface area contributed by atoms with Crippen LogP contribution in [0.4, 0.5) is 0 Å². The summed E-state index contributed by atoms with van der Waals surface area (Å²) in [7, 11) is 0. The van der Waals surface area contributed by atoms with Gasteiger partial charge < -0.3 is 9.73 Å². The Balaban J connectivity index is 1.60. The third kappa shape index (κ3) is 3.23. The Kier molecular flexibility index (Phi) is 4.29. The number of amides is 1. The first-order valence-corrected chi connectivity index (χ1v) is 8.00. The zero-order valence-electron chi connectivity index (χ0n) is 12.0. The van der Waals surface area contributed by atoms with Crippen LogP contribution in [-0.4, -0.2) is 21.9 Å². The molecule has 0 unspecified atom stereocenters. The quantitative estimate of drug-likeness (QED) is 0.735. The van der Waals surface area contributed by atoms with Crippen LogP contribution in [0.2, 0.25) is 0 Å². The molecule has 6 heteroatoms. The molecule has 0 spiro atoms. The van der Waals surface area contributed by atoms with Crippen LogP contribution in [0.3, 0.4) is 0 Å². The van der Waals surface area contributed by atoms with E-state index in [1.165, 1.54) is 11.8 Å². The van der Waals surface area contributed by atoms with Crippen molar-refractivity contribution in [2.45, 2.75) is 11.6 Å². The van der Waals surface area contributed by atoms with Crippen LogP contribution in [-0.2, 0) is 6.54 Å². The van der Waals surface area contributed by atoms with E-state index in [1.807, 2.05) is 42.8 Å². The van der Waals surface area contributed by atoms with Gasteiger partial charge in [0.05, 0.1) is 5.69 Å². The third-order valence-electron chi connectivity index (χ3n) is 3.16. The van der Waals surface area contributed by atoms with Gasteiger partial charge in [0, 0.05) is 18.9 Å². The molecule has 0 aliphatic heterocycles. The van der Waals surface area contributed by atoms with E-state index < -0.39 is 0 Å². The zero-order valence-corrected chi connectivity index (χ0v) is 12.8. The van der Waals surface area contributed by atoms with Crippen molar-refractivity contribution in [2.75, 3.05) is 6.26 Å². The molecule has 0 aliphatic carbocycles. The monoisotopic (exact) mass is 313 g/mol. The van der Waals surface area contributed by atoms with Crippen LogP contribution in [0.25, 0.3) is 5.69 Å². The number of aromatic nitrogens is 2. The first kappa shape index (κ1) is 14.5. The highest BCUT2D eigenvalue weighted by atomic mass is 32.2. The molecule has 2 heterocycles. The van der Waals surface area contributed by atoms with Gasteiger partial charge in [-0.05, 0) is 42.2 Å². The van der Waals surface area contributed by atoms with Crippen molar-refractivity contribution < 1.29 is 9.21 Å². The van der Waals surface area contributed by atoms with Gasteiger partial charge in [-0.25, -0.2) is 4.68 Å². The number of thioether (sulfide) groups is 1. The minimum Gasteiger partial charge on any atom is -0.445 e. The summed E-state index contributed by atoms with van der Waals surface area (Å²) in [5.41, 5.74) is 2.00. The topological polar surface area (TPSA) is 60.1 Å². The van der Waals surface area contributed by atoms with Crippen LogP contribution in [0, 0.1) is 0 Å². The summed E-state index contributed by atoms with van der Waals surface area (Å²) in [5, 5.41) is 7.75. The van der Waals surface area contributed by atoms with Crippen LogP contribution in [0.5, 0.6) is 0 Å². The van der Waals surface area contributed by atoms with E-state index in [1.54, 1.807) is 23.0 Å². The van der Waals surface area contributed by atoms with Crippen molar-refractivity contribution >= 4 is 17.7 Å². The highest BCUT2D eigenvalue weighted by Crippen LogP contribution is 2.18. The minimum atomic E-state index is -0.212. The molecule has 0 bridgehead atoms. The van der Waals surface area contributed by atoms with Gasteiger partial charge in [0.25, 0.3) is 5.91 Å². The van der Waals surface area contributed by atoms with Crippen LogP contribution in [0.1, 0.15) is 16.1 Å². The Hall–Kier alpha value is -2.47. The number of hydrogen-bond acceptors (Lipinski definition) is 4. The molecule has 3 rings (SSSR count). The highest BCUT2D eigenvalue weighted by molar-refractivity contribution is 7.98. The maximum absolute atomic E-state index is 12.0. The van der Waals surface area contributed by atoms with Crippen LogP contribution >= 0.6 is 11.8 Å². The Bertz CT molecular complexity index is 748. The number of rotatable bonds is 5. The highest BCUT2D eigenvalue weighted by Gasteiger charge is 2.10. The van der Waals surface area contributed by atoms with Crippen LogP contribution in [0.15, 0.2) is 64.4 Å². The van der Waals surface area contributed by atoms with E-state index in [4.69, 9.17) is 4.42 Å². The lowest BCUT2D eigenvalue weighted by atomic mass is 10.2. The van der Waals surface area contributed by atoms with Gasteiger partial charge in [-0.3, -0.25) is 4.79 Å². The molecule has 1 aromatic carbocycles. The number of carbonyl (C=O) groups excluding carboxylic acids is 1. The molecule has 3 aromatic rings. The first-order chi connectivity index (χ1) is 10.8. The second kappa shape index (κ2) is 6.53. The third-order valence-corrected chi connectivity index (χ3v) is 3.79. The summed E-state index contributed by atoms with van der Waals surface area (Å²) in [6, 6.07) is 13.2. The van der Waals surface area contributed by atoms with Crippen molar-refractivity contribution in [3.05, 3.63) is 66.2 Å². The predicted octanol–water partition coefficient (Wildman–Crippen LogP) is 3.12. The molecule has 0 saturated carbocycles. The smallest absolute Gasteiger partial charge is 0.287 e. The number of nitrogens with zero attached hydrogens (tertiary/aromatic N) is 2. The van der Waals surface area contributed by atoms with Crippen molar-refractivity contribution in [3.8, 4) is 5.69 Å². The lowest BCUT2D eigenvalue weighted by molar-refractivity contribution is 0.0918. The van der Waals surface area contributed by atoms with E-state index in [0.717, 1.165) is 16.3 Å². The Labute approximate surface area is 132 Å². The molecule has 0 radical (unpaired) electrons. The second-order valence-electron chi connectivity index (χ2n) is 4.62. The normalized spacial score (nSPS) is 10.6. The maximum Gasteiger partial charge on any atom is 0.287 e. The van der Waals surface area contributed by atoms with E-state index in [-0.39, 0.29) is 5.91 Å². The van der Waals surface area contributed by atoms with Crippen molar-refractivity contribution in [1.82, 2.24) is 15.1 Å². The molecule has 2 aromatic heterocycles. The summed E-state index contributed by atoms with van der Waals surface area (Å²) < 4.78 is 7.18. The van der Waals surface area contributed by atoms with Gasteiger partial charge in [-0.1, -0.05) is 23.9 Å².